The summed E-state index contributed by atoms with van der Waals surface area (Å²) in [5.41, 5.74) is 0.967. The molecule has 0 bridgehead atoms. The number of carbonyl (C=O) groups excluding carboxylic acids is 1. The van der Waals surface area contributed by atoms with E-state index in [9.17, 15) is 4.79 Å². The minimum Gasteiger partial charge on any atom is -0.378 e. The highest BCUT2D eigenvalue weighted by Gasteiger charge is 2.20. The lowest BCUT2D eigenvalue weighted by Gasteiger charge is -2.26. The van der Waals surface area contributed by atoms with Crippen LogP contribution in [0.25, 0.3) is 22.2 Å². The normalized spacial score (nSPS) is 14.8. The number of ether oxygens (including phenoxy) is 1. The van der Waals surface area contributed by atoms with E-state index >= 15 is 0 Å². The third kappa shape index (κ3) is 3.25. The number of benzene rings is 2. The van der Waals surface area contributed by atoms with Crippen molar-refractivity contribution in [2.75, 3.05) is 26.3 Å². The average molecular weight is 336 g/mol. The number of carbonyl (C=O) groups is 1. The summed E-state index contributed by atoms with van der Waals surface area (Å²) >= 11 is 0. The van der Waals surface area contributed by atoms with E-state index < -0.39 is 0 Å². The molecular weight excluding hydrogens is 316 g/mol. The highest BCUT2D eigenvalue weighted by Crippen LogP contribution is 2.23. The number of rotatable bonds is 3. The fraction of sp³-hybridized carbons (Fsp3) is 0.316. The first kappa shape index (κ1) is 15.8. The van der Waals surface area contributed by atoms with Crippen LogP contribution in [0.3, 0.4) is 0 Å². The predicted octanol–water partition coefficient (Wildman–Crippen LogP) is 2.27. The van der Waals surface area contributed by atoms with Gasteiger partial charge in [0.1, 0.15) is 12.4 Å². The summed E-state index contributed by atoms with van der Waals surface area (Å²) in [6.45, 7) is 4.51. The second-order valence-corrected chi connectivity index (χ2v) is 6.20. The van der Waals surface area contributed by atoms with Crippen LogP contribution in [0.2, 0.25) is 0 Å². The van der Waals surface area contributed by atoms with Crippen molar-refractivity contribution < 1.29 is 9.53 Å². The van der Waals surface area contributed by atoms with Crippen LogP contribution in [0.1, 0.15) is 5.82 Å². The number of aryl methyl sites for hydroxylation is 1. The Hall–Kier alpha value is -2.73. The van der Waals surface area contributed by atoms with E-state index in [0.29, 0.717) is 32.1 Å². The number of morpholine rings is 1. The quantitative estimate of drug-likeness (QED) is 0.736. The molecule has 1 aromatic heterocycles. The van der Waals surface area contributed by atoms with Crippen molar-refractivity contribution in [3.63, 3.8) is 0 Å². The van der Waals surface area contributed by atoms with Crippen LogP contribution in [0.5, 0.6) is 0 Å². The number of hydrogen-bond donors (Lipinski definition) is 0. The molecular formula is C19H20N4O2. The van der Waals surface area contributed by atoms with Gasteiger partial charge in [0.25, 0.3) is 0 Å². The van der Waals surface area contributed by atoms with E-state index in [0.717, 1.165) is 16.8 Å². The molecule has 6 heteroatoms. The topological polar surface area (TPSA) is 60.2 Å². The van der Waals surface area contributed by atoms with Gasteiger partial charge in [0.2, 0.25) is 5.91 Å². The van der Waals surface area contributed by atoms with Crippen molar-refractivity contribution in [1.82, 2.24) is 19.7 Å². The molecule has 1 amide bonds. The third-order valence-corrected chi connectivity index (χ3v) is 4.43. The summed E-state index contributed by atoms with van der Waals surface area (Å²) in [6.07, 6.45) is 0. The van der Waals surface area contributed by atoms with E-state index in [1.807, 2.05) is 30.0 Å². The van der Waals surface area contributed by atoms with Gasteiger partial charge in [0, 0.05) is 18.7 Å². The molecule has 25 heavy (non-hydrogen) atoms. The third-order valence-electron chi connectivity index (χ3n) is 4.43. The summed E-state index contributed by atoms with van der Waals surface area (Å²) in [7, 11) is 0. The maximum absolute atomic E-state index is 12.6. The summed E-state index contributed by atoms with van der Waals surface area (Å²) < 4.78 is 7.02. The molecule has 3 aromatic rings. The Morgan fingerprint density at radius 2 is 1.88 bits per heavy atom. The molecule has 1 saturated heterocycles. The number of aromatic nitrogens is 3. The summed E-state index contributed by atoms with van der Waals surface area (Å²) in [6, 6.07) is 14.4. The molecule has 2 aromatic carbocycles. The van der Waals surface area contributed by atoms with Crippen LogP contribution < -0.4 is 0 Å². The molecule has 6 nitrogen and oxygen atoms in total. The van der Waals surface area contributed by atoms with Gasteiger partial charge in [-0.25, -0.2) is 9.67 Å². The van der Waals surface area contributed by atoms with Crippen molar-refractivity contribution in [3.8, 4) is 11.4 Å². The Morgan fingerprint density at radius 1 is 1.12 bits per heavy atom. The number of fused-ring (bicyclic) bond motifs is 1. The smallest absolute Gasteiger partial charge is 0.244 e. The lowest BCUT2D eigenvalue weighted by atomic mass is 10.1. The van der Waals surface area contributed by atoms with Crippen LogP contribution in [-0.4, -0.2) is 51.9 Å². The molecule has 2 heterocycles. The van der Waals surface area contributed by atoms with Crippen molar-refractivity contribution >= 4 is 16.7 Å². The van der Waals surface area contributed by atoms with Gasteiger partial charge >= 0.3 is 0 Å². The fourth-order valence-electron chi connectivity index (χ4n) is 3.15. The zero-order chi connectivity index (χ0) is 17.2. The monoisotopic (exact) mass is 336 g/mol. The van der Waals surface area contributed by atoms with E-state index in [2.05, 4.69) is 34.3 Å². The van der Waals surface area contributed by atoms with Gasteiger partial charge in [-0.05, 0) is 23.8 Å². The lowest BCUT2D eigenvalue weighted by Crippen LogP contribution is -2.42. The van der Waals surface area contributed by atoms with Crippen LogP contribution in [0.15, 0.2) is 42.5 Å². The molecule has 0 N–H and O–H groups in total. The molecule has 1 aliphatic rings. The molecule has 0 spiro atoms. The Balaban J connectivity index is 1.64. The first-order valence-electron chi connectivity index (χ1n) is 8.47. The van der Waals surface area contributed by atoms with Gasteiger partial charge in [-0.15, -0.1) is 0 Å². The van der Waals surface area contributed by atoms with Gasteiger partial charge in [-0.2, -0.15) is 5.10 Å². The van der Waals surface area contributed by atoms with Gasteiger partial charge < -0.3 is 9.64 Å². The largest absolute Gasteiger partial charge is 0.378 e. The van der Waals surface area contributed by atoms with Crippen molar-refractivity contribution in [1.29, 1.82) is 0 Å². The average Bonchev–Trinajstić information content (AvgIpc) is 3.02. The highest BCUT2D eigenvalue weighted by atomic mass is 16.5. The minimum absolute atomic E-state index is 0.0511. The number of hydrogen-bond acceptors (Lipinski definition) is 4. The number of nitrogens with zero attached hydrogens (tertiary/aromatic N) is 4. The minimum atomic E-state index is 0.0511. The molecule has 0 saturated carbocycles. The maximum Gasteiger partial charge on any atom is 0.244 e. The lowest BCUT2D eigenvalue weighted by molar-refractivity contribution is -0.136. The molecule has 128 valence electrons. The summed E-state index contributed by atoms with van der Waals surface area (Å²) in [5, 5.41) is 6.75. The van der Waals surface area contributed by atoms with Crippen molar-refractivity contribution in [2.24, 2.45) is 0 Å². The molecule has 0 radical (unpaired) electrons. The summed E-state index contributed by atoms with van der Waals surface area (Å²) in [5.74, 6) is 1.44. The molecule has 0 atom stereocenters. The molecule has 1 fully saturated rings. The van der Waals surface area contributed by atoms with Crippen LogP contribution in [0, 0.1) is 6.92 Å². The molecule has 0 unspecified atom stereocenters. The van der Waals surface area contributed by atoms with Gasteiger partial charge in [0.15, 0.2) is 5.82 Å². The van der Waals surface area contributed by atoms with E-state index in [1.165, 1.54) is 5.39 Å². The molecule has 0 aliphatic carbocycles. The summed E-state index contributed by atoms with van der Waals surface area (Å²) in [4.78, 5) is 18.9. The van der Waals surface area contributed by atoms with Gasteiger partial charge in [-0.1, -0.05) is 36.4 Å². The van der Waals surface area contributed by atoms with Gasteiger partial charge in [0.05, 0.1) is 13.2 Å². The fourth-order valence-corrected chi connectivity index (χ4v) is 3.15. The second kappa shape index (κ2) is 6.64. The molecule has 1 aliphatic heterocycles. The molecule has 4 rings (SSSR count). The van der Waals surface area contributed by atoms with Crippen molar-refractivity contribution in [3.05, 3.63) is 48.3 Å². The van der Waals surface area contributed by atoms with E-state index in [1.54, 1.807) is 4.68 Å². The zero-order valence-corrected chi connectivity index (χ0v) is 14.2. The second-order valence-electron chi connectivity index (χ2n) is 6.20. The van der Waals surface area contributed by atoms with Crippen LogP contribution >= 0.6 is 0 Å². The van der Waals surface area contributed by atoms with Crippen molar-refractivity contribution in [2.45, 2.75) is 13.5 Å². The highest BCUT2D eigenvalue weighted by molar-refractivity contribution is 5.86. The predicted molar refractivity (Wildman–Crippen MR) is 95.1 cm³/mol. The zero-order valence-electron chi connectivity index (χ0n) is 14.2. The van der Waals surface area contributed by atoms with Crippen LogP contribution in [-0.2, 0) is 16.1 Å². The Kier molecular flexibility index (Phi) is 4.19. The first-order chi connectivity index (χ1) is 12.2. The van der Waals surface area contributed by atoms with E-state index in [4.69, 9.17) is 4.74 Å². The first-order valence-corrected chi connectivity index (χ1v) is 8.47. The standard InChI is InChI=1S/C19H20N4O2/c1-14-20-19(17-7-6-15-4-2-3-5-16(15)12-17)23(21-14)13-18(24)22-8-10-25-11-9-22/h2-7,12H,8-11,13H2,1H3. The Bertz CT molecular complexity index is 913. The number of amides is 1. The van der Waals surface area contributed by atoms with Crippen LogP contribution in [0.4, 0.5) is 0 Å². The maximum atomic E-state index is 12.6. The van der Waals surface area contributed by atoms with E-state index in [-0.39, 0.29) is 12.5 Å². The Labute approximate surface area is 146 Å². The van der Waals surface area contributed by atoms with Gasteiger partial charge in [-0.3, -0.25) is 4.79 Å². The SMILES string of the molecule is Cc1nc(-c2ccc3ccccc3c2)n(CC(=O)N2CCOCC2)n1. The Morgan fingerprint density at radius 3 is 2.68 bits per heavy atom.